The Kier molecular flexibility index (Phi) is 5.05. The third-order valence-electron chi connectivity index (χ3n) is 8.07. The Morgan fingerprint density at radius 1 is 0.914 bits per heavy atom. The molecule has 35 heavy (non-hydrogen) atoms. The van der Waals surface area contributed by atoms with Gasteiger partial charge in [-0.3, -0.25) is 29.4 Å². The van der Waals surface area contributed by atoms with Gasteiger partial charge in [0.1, 0.15) is 6.04 Å². The maximum absolute atomic E-state index is 13.9. The highest BCUT2D eigenvalue weighted by Crippen LogP contribution is 2.53. The second-order valence-corrected chi connectivity index (χ2v) is 9.84. The lowest BCUT2D eigenvalue weighted by atomic mass is 9.83. The molecule has 1 saturated carbocycles. The Hall–Kier alpha value is -3.81. The number of hydrogen-bond acceptors (Lipinski definition) is 6. The number of benzene rings is 2. The Bertz CT molecular complexity index is 1260. The van der Waals surface area contributed by atoms with Crippen molar-refractivity contribution >= 4 is 29.4 Å². The Morgan fingerprint density at radius 2 is 1.60 bits per heavy atom. The highest BCUT2D eigenvalue weighted by molar-refractivity contribution is 6.12. The number of likely N-dealkylation sites (tertiary alicyclic amines) is 1. The molecule has 0 N–H and O–H groups in total. The molecular formula is C27H25N3O5. The number of non-ortho nitro benzene ring substituents is 1. The predicted molar refractivity (Wildman–Crippen MR) is 127 cm³/mol. The number of nitro benzene ring substituents is 1. The molecule has 2 amide bonds. The normalized spacial score (nSPS) is 27.5. The molecule has 8 nitrogen and oxygen atoms in total. The zero-order valence-corrected chi connectivity index (χ0v) is 19.1. The number of amides is 2. The van der Waals surface area contributed by atoms with Crippen LogP contribution in [0.1, 0.15) is 59.6 Å². The van der Waals surface area contributed by atoms with E-state index in [1.807, 2.05) is 41.4 Å². The number of carbonyl (C=O) groups excluding carboxylic acids is 3. The molecule has 0 aromatic heterocycles. The molecule has 0 spiro atoms. The van der Waals surface area contributed by atoms with Crippen molar-refractivity contribution in [2.75, 3.05) is 0 Å². The minimum atomic E-state index is -0.846. The summed E-state index contributed by atoms with van der Waals surface area (Å²) in [7, 11) is 0. The summed E-state index contributed by atoms with van der Waals surface area (Å²) in [5.41, 5.74) is 2.11. The van der Waals surface area contributed by atoms with E-state index in [0.717, 1.165) is 43.2 Å². The third-order valence-corrected chi connectivity index (χ3v) is 8.07. The van der Waals surface area contributed by atoms with Crippen LogP contribution in [-0.2, 0) is 9.59 Å². The number of carbonyl (C=O) groups is 3. The summed E-state index contributed by atoms with van der Waals surface area (Å²) >= 11 is 0. The average Bonchev–Trinajstić information content (AvgIpc) is 3.36. The first-order valence-corrected chi connectivity index (χ1v) is 12.2. The van der Waals surface area contributed by atoms with Gasteiger partial charge in [0.05, 0.1) is 22.8 Å². The first-order valence-electron chi connectivity index (χ1n) is 12.2. The van der Waals surface area contributed by atoms with Crippen molar-refractivity contribution in [3.8, 4) is 0 Å². The number of Topliss-reactive ketones (excluding diaryl/α,β-unsaturated/α-hetero) is 1. The van der Waals surface area contributed by atoms with Crippen LogP contribution in [0.3, 0.4) is 0 Å². The van der Waals surface area contributed by atoms with Crippen molar-refractivity contribution in [3.63, 3.8) is 0 Å². The lowest BCUT2D eigenvalue weighted by Crippen LogP contribution is -2.47. The van der Waals surface area contributed by atoms with Crippen molar-refractivity contribution in [2.24, 2.45) is 11.8 Å². The maximum atomic E-state index is 13.9. The molecule has 178 valence electrons. The first-order chi connectivity index (χ1) is 17.0. The van der Waals surface area contributed by atoms with E-state index < -0.39 is 28.8 Å². The monoisotopic (exact) mass is 471 g/mol. The third kappa shape index (κ3) is 3.23. The van der Waals surface area contributed by atoms with Gasteiger partial charge in [0.2, 0.25) is 11.8 Å². The van der Waals surface area contributed by atoms with Crippen molar-refractivity contribution in [2.45, 2.75) is 50.2 Å². The molecule has 4 aliphatic rings. The zero-order chi connectivity index (χ0) is 24.3. The lowest BCUT2D eigenvalue weighted by Gasteiger charge is -2.37. The van der Waals surface area contributed by atoms with Crippen LogP contribution >= 0.6 is 0 Å². The van der Waals surface area contributed by atoms with E-state index in [0.29, 0.717) is 5.56 Å². The van der Waals surface area contributed by atoms with Gasteiger partial charge in [-0.15, -0.1) is 0 Å². The van der Waals surface area contributed by atoms with E-state index in [1.54, 1.807) is 0 Å². The maximum Gasteiger partial charge on any atom is 0.269 e. The summed E-state index contributed by atoms with van der Waals surface area (Å²) in [6, 6.07) is 11.9. The fourth-order valence-corrected chi connectivity index (χ4v) is 6.50. The summed E-state index contributed by atoms with van der Waals surface area (Å²) in [4.78, 5) is 55.5. The van der Waals surface area contributed by atoms with Gasteiger partial charge >= 0.3 is 0 Å². The van der Waals surface area contributed by atoms with Crippen LogP contribution in [0, 0.1) is 22.0 Å². The van der Waals surface area contributed by atoms with E-state index >= 15 is 0 Å². The van der Waals surface area contributed by atoms with Crippen molar-refractivity contribution in [1.82, 2.24) is 9.80 Å². The molecule has 2 aromatic carbocycles. The topological polar surface area (TPSA) is 101 Å². The molecule has 2 aromatic rings. The van der Waals surface area contributed by atoms with Gasteiger partial charge in [-0.25, -0.2) is 0 Å². The quantitative estimate of drug-likeness (QED) is 0.288. The van der Waals surface area contributed by atoms with Crippen LogP contribution in [0.2, 0.25) is 0 Å². The lowest BCUT2D eigenvalue weighted by molar-refractivity contribution is -0.384. The van der Waals surface area contributed by atoms with Crippen LogP contribution < -0.4 is 0 Å². The highest BCUT2D eigenvalue weighted by Gasteiger charge is 2.65. The summed E-state index contributed by atoms with van der Waals surface area (Å²) in [6.45, 7) is 0. The second kappa shape index (κ2) is 8.15. The highest BCUT2D eigenvalue weighted by atomic mass is 16.6. The zero-order valence-electron chi connectivity index (χ0n) is 19.1. The minimum Gasteiger partial charge on any atom is -0.358 e. The average molecular weight is 472 g/mol. The smallest absolute Gasteiger partial charge is 0.269 e. The molecule has 3 fully saturated rings. The van der Waals surface area contributed by atoms with Crippen molar-refractivity contribution in [1.29, 1.82) is 0 Å². The van der Waals surface area contributed by atoms with E-state index in [1.165, 1.54) is 29.2 Å². The van der Waals surface area contributed by atoms with E-state index in [-0.39, 0.29) is 29.3 Å². The Labute approximate surface area is 202 Å². The fourth-order valence-electron chi connectivity index (χ4n) is 6.50. The van der Waals surface area contributed by atoms with Gasteiger partial charge in [0.15, 0.2) is 5.78 Å². The van der Waals surface area contributed by atoms with Crippen LogP contribution in [0.5, 0.6) is 0 Å². The van der Waals surface area contributed by atoms with Crippen molar-refractivity contribution < 1.29 is 19.3 Å². The standard InChI is InChI=1S/C27H25N3O5/c31-25(17-10-12-19(13-11-17)30(34)35)24-22-21(23-20-9-5-4-6-16(20)14-15-28(23)24)26(32)29(27(22)33)18-7-2-1-3-8-18/h4-6,9-15,18,21-24H,1-3,7-8H2. The molecular weight excluding hydrogens is 446 g/mol. The number of imide groups is 1. The number of fused-ring (bicyclic) bond motifs is 5. The van der Waals surface area contributed by atoms with E-state index in [4.69, 9.17) is 0 Å². The van der Waals surface area contributed by atoms with Crippen LogP contribution in [0.25, 0.3) is 6.08 Å². The Morgan fingerprint density at radius 3 is 2.31 bits per heavy atom. The van der Waals surface area contributed by atoms with E-state index in [9.17, 15) is 24.5 Å². The summed E-state index contributed by atoms with van der Waals surface area (Å²) in [6.07, 6.45) is 8.44. The number of nitro groups is 1. The van der Waals surface area contributed by atoms with Crippen molar-refractivity contribution in [3.05, 3.63) is 81.5 Å². The largest absolute Gasteiger partial charge is 0.358 e. The molecule has 4 atom stereocenters. The summed E-state index contributed by atoms with van der Waals surface area (Å²) in [5.74, 6) is -2.15. The molecule has 1 aliphatic carbocycles. The van der Waals surface area contributed by atoms with E-state index in [2.05, 4.69) is 0 Å². The Balaban J connectivity index is 1.43. The predicted octanol–water partition coefficient (Wildman–Crippen LogP) is 4.12. The number of nitrogens with zero attached hydrogens (tertiary/aromatic N) is 3. The molecule has 6 rings (SSSR count). The van der Waals surface area contributed by atoms with Gasteiger partial charge in [0, 0.05) is 29.9 Å². The molecule has 2 saturated heterocycles. The van der Waals surface area contributed by atoms with Gasteiger partial charge in [0.25, 0.3) is 5.69 Å². The van der Waals surface area contributed by atoms with Crippen LogP contribution in [0.4, 0.5) is 5.69 Å². The summed E-state index contributed by atoms with van der Waals surface area (Å²) in [5, 5.41) is 11.1. The number of rotatable bonds is 4. The first kappa shape index (κ1) is 21.7. The molecule has 4 unspecified atom stereocenters. The van der Waals surface area contributed by atoms with Gasteiger partial charge in [-0.2, -0.15) is 0 Å². The molecule has 3 aliphatic heterocycles. The number of hydrogen-bond donors (Lipinski definition) is 0. The van der Waals surface area contributed by atoms with Crippen LogP contribution in [0.15, 0.2) is 54.7 Å². The van der Waals surface area contributed by atoms with Gasteiger partial charge in [-0.05, 0) is 42.2 Å². The molecule has 8 heteroatoms. The fraction of sp³-hybridized carbons (Fsp3) is 0.370. The summed E-state index contributed by atoms with van der Waals surface area (Å²) < 4.78 is 0. The SMILES string of the molecule is O=C(c1ccc([N+](=O)[O-])cc1)C1C2C(=O)N(C3CCCCC3)C(=O)C2C2c3ccccc3C=CN12. The minimum absolute atomic E-state index is 0.104. The molecule has 0 bridgehead atoms. The molecule has 3 heterocycles. The second-order valence-electron chi connectivity index (χ2n) is 9.84. The van der Waals surface area contributed by atoms with Gasteiger partial charge < -0.3 is 4.90 Å². The van der Waals surface area contributed by atoms with Gasteiger partial charge in [-0.1, -0.05) is 43.5 Å². The van der Waals surface area contributed by atoms with Crippen LogP contribution in [-0.4, -0.2) is 44.4 Å². The number of ketones is 1. The molecule has 0 radical (unpaired) electrons.